The first-order valence-electron chi connectivity index (χ1n) is 7.63. The Bertz CT molecular complexity index is 718. The number of anilines is 1. The second kappa shape index (κ2) is 6.84. The van der Waals surface area contributed by atoms with E-state index in [0.717, 1.165) is 43.1 Å². The molecule has 1 saturated heterocycles. The first-order chi connectivity index (χ1) is 11.1. The molecule has 2 aromatic heterocycles. The molecule has 0 radical (unpaired) electrons. The minimum absolute atomic E-state index is 0.0300. The number of hydrogen-bond acceptors (Lipinski definition) is 5. The standard InChI is InChI=1S/C16H19ClN4OS/c1-11-12(2)18-10-19-15(11)20-5-3-6-21(8-7-20)16(22)14-13(17)4-9-23-14/h4,9-10H,3,5-8H2,1-2H3. The first-order valence-corrected chi connectivity index (χ1v) is 8.89. The average Bonchev–Trinajstić information content (AvgIpc) is 2.82. The molecule has 0 spiro atoms. The van der Waals surface area contributed by atoms with Gasteiger partial charge in [0.1, 0.15) is 17.0 Å². The fourth-order valence-electron chi connectivity index (χ4n) is 2.77. The summed E-state index contributed by atoms with van der Waals surface area (Å²) in [6, 6.07) is 1.77. The van der Waals surface area contributed by atoms with Gasteiger partial charge in [0.05, 0.1) is 5.02 Å². The molecule has 3 heterocycles. The third kappa shape index (κ3) is 3.33. The maximum absolute atomic E-state index is 12.6. The molecular weight excluding hydrogens is 332 g/mol. The van der Waals surface area contributed by atoms with Gasteiger partial charge in [0.2, 0.25) is 0 Å². The molecule has 7 heteroatoms. The monoisotopic (exact) mass is 350 g/mol. The minimum atomic E-state index is 0.0300. The molecule has 3 rings (SSSR count). The minimum Gasteiger partial charge on any atom is -0.354 e. The van der Waals surface area contributed by atoms with Crippen LogP contribution in [0.2, 0.25) is 5.02 Å². The SMILES string of the molecule is Cc1ncnc(N2CCCN(C(=O)c3sccc3Cl)CC2)c1C. The summed E-state index contributed by atoms with van der Waals surface area (Å²) < 4.78 is 0. The maximum Gasteiger partial charge on any atom is 0.265 e. The predicted molar refractivity (Wildman–Crippen MR) is 93.6 cm³/mol. The molecule has 2 aromatic rings. The van der Waals surface area contributed by atoms with Crippen molar-refractivity contribution >= 4 is 34.7 Å². The summed E-state index contributed by atoms with van der Waals surface area (Å²) in [5.41, 5.74) is 2.10. The van der Waals surface area contributed by atoms with Gasteiger partial charge in [-0.1, -0.05) is 11.6 Å². The van der Waals surface area contributed by atoms with Crippen LogP contribution in [-0.2, 0) is 0 Å². The van der Waals surface area contributed by atoms with Gasteiger partial charge in [-0.05, 0) is 31.7 Å². The van der Waals surface area contributed by atoms with Gasteiger partial charge in [0.15, 0.2) is 0 Å². The van der Waals surface area contributed by atoms with Gasteiger partial charge in [0.25, 0.3) is 5.91 Å². The number of hydrogen-bond donors (Lipinski definition) is 0. The lowest BCUT2D eigenvalue weighted by molar-refractivity contribution is 0.0772. The zero-order valence-corrected chi connectivity index (χ0v) is 14.8. The van der Waals surface area contributed by atoms with E-state index in [4.69, 9.17) is 11.6 Å². The molecule has 0 aliphatic carbocycles. The van der Waals surface area contributed by atoms with Crippen molar-refractivity contribution in [1.29, 1.82) is 0 Å². The Morgan fingerprint density at radius 1 is 1.22 bits per heavy atom. The number of amides is 1. The van der Waals surface area contributed by atoms with Crippen LogP contribution >= 0.6 is 22.9 Å². The van der Waals surface area contributed by atoms with E-state index in [1.54, 1.807) is 12.4 Å². The summed E-state index contributed by atoms with van der Waals surface area (Å²) >= 11 is 7.50. The molecule has 0 bridgehead atoms. The quantitative estimate of drug-likeness (QED) is 0.834. The largest absolute Gasteiger partial charge is 0.354 e. The Labute approximate surface area is 144 Å². The van der Waals surface area contributed by atoms with E-state index in [-0.39, 0.29) is 5.91 Å². The number of halogens is 1. The van der Waals surface area contributed by atoms with Crippen molar-refractivity contribution in [2.75, 3.05) is 31.1 Å². The number of aryl methyl sites for hydroxylation is 1. The number of aromatic nitrogens is 2. The normalized spacial score (nSPS) is 15.6. The van der Waals surface area contributed by atoms with E-state index in [1.807, 2.05) is 24.1 Å². The molecule has 1 aliphatic rings. The molecule has 1 fully saturated rings. The van der Waals surface area contributed by atoms with Crippen molar-refractivity contribution in [3.05, 3.63) is 38.9 Å². The maximum atomic E-state index is 12.6. The van der Waals surface area contributed by atoms with Crippen LogP contribution in [0.1, 0.15) is 27.3 Å². The Kier molecular flexibility index (Phi) is 4.82. The van der Waals surface area contributed by atoms with Crippen molar-refractivity contribution in [3.63, 3.8) is 0 Å². The zero-order chi connectivity index (χ0) is 16.4. The van der Waals surface area contributed by atoms with E-state index < -0.39 is 0 Å². The third-order valence-corrected chi connectivity index (χ3v) is 5.53. The average molecular weight is 351 g/mol. The molecule has 0 saturated carbocycles. The molecule has 5 nitrogen and oxygen atoms in total. The topological polar surface area (TPSA) is 49.3 Å². The Morgan fingerprint density at radius 3 is 2.78 bits per heavy atom. The van der Waals surface area contributed by atoms with Crippen LogP contribution < -0.4 is 4.90 Å². The van der Waals surface area contributed by atoms with Crippen LogP contribution in [0.15, 0.2) is 17.8 Å². The summed E-state index contributed by atoms with van der Waals surface area (Å²) in [6.45, 7) is 7.12. The van der Waals surface area contributed by atoms with Crippen molar-refractivity contribution in [2.45, 2.75) is 20.3 Å². The summed E-state index contributed by atoms with van der Waals surface area (Å²) in [6.07, 6.45) is 2.52. The van der Waals surface area contributed by atoms with E-state index >= 15 is 0 Å². The molecule has 1 amide bonds. The summed E-state index contributed by atoms with van der Waals surface area (Å²) in [7, 11) is 0. The van der Waals surface area contributed by atoms with Crippen LogP contribution in [0.4, 0.5) is 5.82 Å². The zero-order valence-electron chi connectivity index (χ0n) is 13.3. The van der Waals surface area contributed by atoms with Crippen molar-refractivity contribution in [2.24, 2.45) is 0 Å². The van der Waals surface area contributed by atoms with Crippen molar-refractivity contribution in [1.82, 2.24) is 14.9 Å². The Balaban J connectivity index is 1.74. The highest BCUT2D eigenvalue weighted by molar-refractivity contribution is 7.12. The van der Waals surface area contributed by atoms with Crippen molar-refractivity contribution < 1.29 is 4.79 Å². The molecule has 23 heavy (non-hydrogen) atoms. The molecule has 0 atom stereocenters. The van der Waals surface area contributed by atoms with Gasteiger partial charge >= 0.3 is 0 Å². The summed E-state index contributed by atoms with van der Waals surface area (Å²) in [5.74, 6) is 1.00. The van der Waals surface area contributed by atoms with Crippen LogP contribution in [-0.4, -0.2) is 47.0 Å². The second-order valence-corrected chi connectivity index (χ2v) is 6.96. The molecular formula is C16H19ClN4OS. The first kappa shape index (κ1) is 16.2. The van der Waals surface area contributed by atoms with Crippen LogP contribution in [0, 0.1) is 13.8 Å². The number of thiophene rings is 1. The van der Waals surface area contributed by atoms with Gasteiger partial charge in [-0.25, -0.2) is 9.97 Å². The van der Waals surface area contributed by atoms with Crippen LogP contribution in [0.3, 0.4) is 0 Å². The second-order valence-electron chi connectivity index (χ2n) is 5.64. The Hall–Kier alpha value is -1.66. The van der Waals surface area contributed by atoms with E-state index in [2.05, 4.69) is 14.9 Å². The molecule has 1 aliphatic heterocycles. The van der Waals surface area contributed by atoms with E-state index in [9.17, 15) is 4.79 Å². The van der Waals surface area contributed by atoms with Gasteiger partial charge in [-0.15, -0.1) is 11.3 Å². The highest BCUT2D eigenvalue weighted by Crippen LogP contribution is 2.25. The predicted octanol–water partition coefficient (Wildman–Crippen LogP) is 3.16. The Morgan fingerprint density at radius 2 is 2.04 bits per heavy atom. The highest BCUT2D eigenvalue weighted by Gasteiger charge is 2.24. The summed E-state index contributed by atoms with van der Waals surface area (Å²) in [5, 5.41) is 2.40. The van der Waals surface area contributed by atoms with E-state index in [1.165, 1.54) is 11.3 Å². The molecule has 0 unspecified atom stereocenters. The van der Waals surface area contributed by atoms with Gasteiger partial charge in [-0.3, -0.25) is 4.79 Å². The summed E-state index contributed by atoms with van der Waals surface area (Å²) in [4.78, 5) is 26.0. The van der Waals surface area contributed by atoms with Gasteiger partial charge < -0.3 is 9.80 Å². The lowest BCUT2D eigenvalue weighted by Gasteiger charge is -2.24. The lowest BCUT2D eigenvalue weighted by Crippen LogP contribution is -2.35. The van der Waals surface area contributed by atoms with Gasteiger partial charge in [0, 0.05) is 37.4 Å². The smallest absolute Gasteiger partial charge is 0.265 e. The third-order valence-electron chi connectivity index (χ3n) is 4.20. The van der Waals surface area contributed by atoms with E-state index in [0.29, 0.717) is 16.4 Å². The fourth-order valence-corrected chi connectivity index (χ4v) is 3.87. The molecule has 122 valence electrons. The number of carbonyl (C=O) groups excluding carboxylic acids is 1. The van der Waals surface area contributed by atoms with Crippen molar-refractivity contribution in [3.8, 4) is 0 Å². The fraction of sp³-hybridized carbons (Fsp3) is 0.438. The number of carbonyl (C=O) groups is 1. The molecule has 0 N–H and O–H groups in total. The lowest BCUT2D eigenvalue weighted by atomic mass is 10.2. The van der Waals surface area contributed by atoms with Crippen LogP contribution in [0.25, 0.3) is 0 Å². The molecule has 0 aromatic carbocycles. The highest BCUT2D eigenvalue weighted by atomic mass is 35.5. The number of nitrogens with zero attached hydrogens (tertiary/aromatic N) is 4. The number of rotatable bonds is 2. The van der Waals surface area contributed by atoms with Gasteiger partial charge in [-0.2, -0.15) is 0 Å². The van der Waals surface area contributed by atoms with Crippen LogP contribution in [0.5, 0.6) is 0 Å².